The van der Waals surface area contributed by atoms with E-state index in [1.54, 1.807) is 14.2 Å². The van der Waals surface area contributed by atoms with Gasteiger partial charge in [-0.3, -0.25) is 9.69 Å². The molecule has 3 aromatic rings. The fourth-order valence-corrected chi connectivity index (χ4v) is 5.44. The summed E-state index contributed by atoms with van der Waals surface area (Å²) in [5.74, 6) is 1.53. The SMILES string of the molecule is COc1cc2c(cc1OC)C(c1ccccc1)N1CCNC(C(=O)COCc3ccccc3)C1C2. The number of piperazine rings is 1. The van der Waals surface area contributed by atoms with Gasteiger partial charge in [-0.1, -0.05) is 60.7 Å². The van der Waals surface area contributed by atoms with E-state index >= 15 is 0 Å². The van der Waals surface area contributed by atoms with Crippen molar-refractivity contribution in [3.05, 3.63) is 95.1 Å². The predicted molar refractivity (Wildman–Crippen MR) is 135 cm³/mol. The monoisotopic (exact) mass is 472 g/mol. The number of rotatable bonds is 8. The number of methoxy groups -OCH3 is 2. The summed E-state index contributed by atoms with van der Waals surface area (Å²) >= 11 is 0. The largest absolute Gasteiger partial charge is 0.493 e. The van der Waals surface area contributed by atoms with E-state index in [2.05, 4.69) is 46.6 Å². The molecule has 5 rings (SSSR count). The normalized spacial score (nSPS) is 21.6. The molecule has 6 heteroatoms. The van der Waals surface area contributed by atoms with Gasteiger partial charge >= 0.3 is 0 Å². The number of Topliss-reactive ketones (excluding diaryl/α,β-unsaturated/α-hetero) is 1. The van der Waals surface area contributed by atoms with Gasteiger partial charge in [-0.05, 0) is 40.8 Å². The van der Waals surface area contributed by atoms with Crippen molar-refractivity contribution in [3.8, 4) is 11.5 Å². The lowest BCUT2D eigenvalue weighted by atomic mass is 9.80. The van der Waals surface area contributed by atoms with Crippen molar-refractivity contribution in [1.29, 1.82) is 0 Å². The summed E-state index contributed by atoms with van der Waals surface area (Å²) in [6.07, 6.45) is 0.751. The molecule has 3 unspecified atom stereocenters. The third-order valence-electron chi connectivity index (χ3n) is 7.06. The van der Waals surface area contributed by atoms with Gasteiger partial charge in [-0.25, -0.2) is 0 Å². The third-order valence-corrected chi connectivity index (χ3v) is 7.06. The molecule has 182 valence electrons. The Morgan fingerprint density at radius 3 is 2.37 bits per heavy atom. The molecule has 35 heavy (non-hydrogen) atoms. The maximum Gasteiger partial charge on any atom is 0.176 e. The highest BCUT2D eigenvalue weighted by atomic mass is 16.5. The van der Waals surface area contributed by atoms with Crippen molar-refractivity contribution in [2.24, 2.45) is 0 Å². The first-order chi connectivity index (χ1) is 17.2. The van der Waals surface area contributed by atoms with Gasteiger partial charge in [0.1, 0.15) is 6.61 Å². The number of nitrogens with one attached hydrogen (secondary N) is 1. The molecule has 0 bridgehead atoms. The lowest BCUT2D eigenvalue weighted by Gasteiger charge is -2.49. The van der Waals surface area contributed by atoms with E-state index in [-0.39, 0.29) is 30.5 Å². The van der Waals surface area contributed by atoms with Crippen LogP contribution in [0.5, 0.6) is 11.5 Å². The fourth-order valence-electron chi connectivity index (χ4n) is 5.44. The minimum Gasteiger partial charge on any atom is -0.493 e. The first kappa shape index (κ1) is 23.5. The van der Waals surface area contributed by atoms with Gasteiger partial charge in [-0.2, -0.15) is 0 Å². The Morgan fingerprint density at radius 2 is 1.66 bits per heavy atom. The van der Waals surface area contributed by atoms with Gasteiger partial charge in [-0.15, -0.1) is 0 Å². The van der Waals surface area contributed by atoms with Crippen LogP contribution >= 0.6 is 0 Å². The molecule has 0 saturated carbocycles. The molecule has 3 atom stereocenters. The van der Waals surface area contributed by atoms with Crippen molar-refractivity contribution >= 4 is 5.78 Å². The zero-order valence-electron chi connectivity index (χ0n) is 20.3. The van der Waals surface area contributed by atoms with E-state index in [0.29, 0.717) is 12.4 Å². The average Bonchev–Trinajstić information content (AvgIpc) is 2.91. The molecule has 1 N–H and O–H groups in total. The number of ether oxygens (including phenoxy) is 3. The standard InChI is InChI=1S/C29H32N2O4/c1-33-26-16-22-15-24-28(25(32)19-35-18-20-9-5-3-6-10-20)30-13-14-31(24)29(21-11-7-4-8-12-21)23(22)17-27(26)34-2/h3-12,16-17,24,28-30H,13-15,18-19H2,1-2H3. The highest BCUT2D eigenvalue weighted by molar-refractivity contribution is 5.86. The van der Waals surface area contributed by atoms with E-state index < -0.39 is 0 Å². The number of carbonyl (C=O) groups excluding carboxylic acids is 1. The number of hydrogen-bond acceptors (Lipinski definition) is 6. The zero-order valence-corrected chi connectivity index (χ0v) is 20.3. The highest BCUT2D eigenvalue weighted by Crippen LogP contribution is 2.43. The molecule has 0 radical (unpaired) electrons. The van der Waals surface area contributed by atoms with Gasteiger partial charge in [0, 0.05) is 19.1 Å². The Balaban J connectivity index is 1.44. The summed E-state index contributed by atoms with van der Waals surface area (Å²) in [5, 5.41) is 3.49. The molecule has 3 aromatic carbocycles. The minimum atomic E-state index is -0.299. The predicted octanol–water partition coefficient (Wildman–Crippen LogP) is 3.78. The summed E-state index contributed by atoms with van der Waals surface area (Å²) in [4.78, 5) is 15.8. The van der Waals surface area contributed by atoms with Crippen LogP contribution in [0.25, 0.3) is 0 Å². The van der Waals surface area contributed by atoms with Gasteiger partial charge in [0.25, 0.3) is 0 Å². The second kappa shape index (κ2) is 10.6. The zero-order chi connectivity index (χ0) is 24.2. The number of ketones is 1. The van der Waals surface area contributed by atoms with Crippen LogP contribution in [-0.2, 0) is 22.6 Å². The molecule has 0 amide bonds. The quantitative estimate of drug-likeness (QED) is 0.539. The van der Waals surface area contributed by atoms with Crippen molar-refractivity contribution in [3.63, 3.8) is 0 Å². The van der Waals surface area contributed by atoms with Gasteiger partial charge < -0.3 is 19.5 Å². The van der Waals surface area contributed by atoms with Crippen LogP contribution in [-0.4, -0.2) is 56.7 Å². The lowest BCUT2D eigenvalue weighted by Crippen LogP contribution is -2.64. The lowest BCUT2D eigenvalue weighted by molar-refractivity contribution is -0.129. The first-order valence-electron chi connectivity index (χ1n) is 12.1. The van der Waals surface area contributed by atoms with Gasteiger partial charge in [0.05, 0.1) is 32.9 Å². The van der Waals surface area contributed by atoms with Crippen LogP contribution in [0.15, 0.2) is 72.8 Å². The van der Waals surface area contributed by atoms with Crippen LogP contribution in [0.3, 0.4) is 0 Å². The Bertz CT molecular complexity index is 1150. The van der Waals surface area contributed by atoms with Crippen LogP contribution in [0.1, 0.15) is 28.3 Å². The smallest absolute Gasteiger partial charge is 0.176 e. The first-order valence-corrected chi connectivity index (χ1v) is 12.1. The van der Waals surface area contributed by atoms with Gasteiger partial charge in [0.2, 0.25) is 0 Å². The maximum atomic E-state index is 13.4. The summed E-state index contributed by atoms with van der Waals surface area (Å²) in [6, 6.07) is 24.4. The highest BCUT2D eigenvalue weighted by Gasteiger charge is 2.44. The number of benzene rings is 3. The molecular weight excluding hydrogens is 440 g/mol. The number of hydrogen-bond donors (Lipinski definition) is 1. The second-order valence-corrected chi connectivity index (χ2v) is 9.11. The molecule has 2 aliphatic heterocycles. The van der Waals surface area contributed by atoms with Crippen LogP contribution < -0.4 is 14.8 Å². The Hall–Kier alpha value is -3.19. The van der Waals surface area contributed by atoms with Gasteiger partial charge in [0.15, 0.2) is 17.3 Å². The molecule has 0 aliphatic carbocycles. The molecule has 1 fully saturated rings. The second-order valence-electron chi connectivity index (χ2n) is 9.11. The topological polar surface area (TPSA) is 60.0 Å². The maximum absolute atomic E-state index is 13.4. The number of carbonyl (C=O) groups is 1. The van der Waals surface area contributed by atoms with Crippen LogP contribution in [0.4, 0.5) is 0 Å². The summed E-state index contributed by atoms with van der Waals surface area (Å²) in [6.45, 7) is 2.12. The number of fused-ring (bicyclic) bond motifs is 2. The van der Waals surface area contributed by atoms with Crippen LogP contribution in [0, 0.1) is 0 Å². The summed E-state index contributed by atoms with van der Waals surface area (Å²) in [7, 11) is 3.33. The molecule has 2 heterocycles. The Labute approximate surface area is 206 Å². The summed E-state index contributed by atoms with van der Waals surface area (Å²) < 4.78 is 17.1. The molecule has 6 nitrogen and oxygen atoms in total. The Morgan fingerprint density at radius 1 is 0.971 bits per heavy atom. The van der Waals surface area contributed by atoms with Crippen molar-refractivity contribution in [2.75, 3.05) is 33.9 Å². The van der Waals surface area contributed by atoms with E-state index in [9.17, 15) is 4.79 Å². The van der Waals surface area contributed by atoms with E-state index in [1.807, 2.05) is 36.4 Å². The Kier molecular flexibility index (Phi) is 7.13. The third kappa shape index (κ3) is 4.82. The van der Waals surface area contributed by atoms with E-state index in [0.717, 1.165) is 30.8 Å². The van der Waals surface area contributed by atoms with Crippen molar-refractivity contribution in [1.82, 2.24) is 10.2 Å². The minimum absolute atomic E-state index is 0.0207. The van der Waals surface area contributed by atoms with Crippen molar-refractivity contribution in [2.45, 2.75) is 31.2 Å². The number of nitrogens with zero attached hydrogens (tertiary/aromatic N) is 1. The van der Waals surface area contributed by atoms with Crippen LogP contribution in [0.2, 0.25) is 0 Å². The molecule has 0 spiro atoms. The van der Waals surface area contributed by atoms with E-state index in [1.165, 1.54) is 16.7 Å². The fraction of sp³-hybridized carbons (Fsp3) is 0.345. The summed E-state index contributed by atoms with van der Waals surface area (Å²) in [5.41, 5.74) is 4.66. The van der Waals surface area contributed by atoms with E-state index in [4.69, 9.17) is 14.2 Å². The average molecular weight is 473 g/mol. The molecule has 0 aromatic heterocycles. The molecule has 1 saturated heterocycles. The van der Waals surface area contributed by atoms with Crippen molar-refractivity contribution < 1.29 is 19.0 Å². The molecular formula is C29H32N2O4. The molecule has 2 aliphatic rings.